The van der Waals surface area contributed by atoms with Crippen LogP contribution in [0.3, 0.4) is 0 Å². The van der Waals surface area contributed by atoms with E-state index in [-0.39, 0.29) is 25.0 Å². The van der Waals surface area contributed by atoms with E-state index in [1.807, 2.05) is 84.4 Å². The lowest BCUT2D eigenvalue weighted by Crippen LogP contribution is -2.31. The fourth-order valence-electron chi connectivity index (χ4n) is 18.5. The van der Waals surface area contributed by atoms with Gasteiger partial charge in [-0.15, -0.1) is 0 Å². The molecular weight excluding hydrogens is 1660 g/mol. The average molecular weight is 1810 g/mol. The summed E-state index contributed by atoms with van der Waals surface area (Å²) in [4.78, 5) is 23.1. The zero-order chi connectivity index (χ0) is 104. The molecule has 20 aromatic rings. The maximum absolute atomic E-state index is 9.00. The van der Waals surface area contributed by atoms with Gasteiger partial charge in [-0.25, -0.2) is 47.8 Å². The monoisotopic (exact) mass is 1800 g/mol. The summed E-state index contributed by atoms with van der Waals surface area (Å²) in [6.45, 7) is 37.2. The number of aryl methyl sites for hydroxylation is 13. The Bertz CT molecular complexity index is 8420. The molecule has 0 amide bonds. The van der Waals surface area contributed by atoms with Crippen LogP contribution in [0.1, 0.15) is 262 Å². The predicted molar refractivity (Wildman–Crippen MR) is 553 cm³/mol. The molecule has 21 rings (SSSR count). The highest BCUT2D eigenvalue weighted by Gasteiger charge is 2.30. The quantitative estimate of drug-likeness (QED) is 0.0908. The summed E-state index contributed by atoms with van der Waals surface area (Å²) in [5.41, 5.74) is 33.5. The van der Waals surface area contributed by atoms with Crippen molar-refractivity contribution in [2.75, 3.05) is 0 Å². The minimum Gasteiger partial charge on any atom is -0.437 e. The molecule has 1 atom stereocenters. The molecule has 0 N–H and O–H groups in total. The lowest BCUT2D eigenvalue weighted by molar-refractivity contribution is -0.660. The highest BCUT2D eigenvalue weighted by Crippen LogP contribution is 2.45. The largest absolute Gasteiger partial charge is 0.437 e. The summed E-state index contributed by atoms with van der Waals surface area (Å²) < 4.78 is 124. The predicted octanol–water partition coefficient (Wildman–Crippen LogP) is 29.2. The van der Waals surface area contributed by atoms with E-state index in [9.17, 15) is 0 Å². The number of hydrogen-bond donors (Lipinski definition) is 0. The van der Waals surface area contributed by atoms with Crippen molar-refractivity contribution in [2.24, 2.45) is 41.1 Å². The number of furan rings is 5. The van der Waals surface area contributed by atoms with Crippen LogP contribution in [-0.4, -0.2) is 24.9 Å². The normalized spacial score (nSPS) is 15.3. The number of benzene rings is 5. The number of fused-ring (bicyclic) bond motifs is 15. The molecule has 1 unspecified atom stereocenters. The van der Waals surface area contributed by atoms with Crippen LogP contribution in [0, 0.1) is 47.4 Å². The van der Waals surface area contributed by atoms with Gasteiger partial charge in [-0.2, -0.15) is 0 Å². The molecule has 15 nitrogen and oxygen atoms in total. The number of pyridine rings is 10. The van der Waals surface area contributed by atoms with Gasteiger partial charge in [0, 0.05) is 163 Å². The Hall–Kier alpha value is -13.4. The summed E-state index contributed by atoms with van der Waals surface area (Å²) in [5.74, 6) is -2.66. The maximum Gasteiger partial charge on any atom is 0.227 e. The van der Waals surface area contributed by atoms with Crippen molar-refractivity contribution in [3.05, 3.63) is 297 Å². The minimum absolute atomic E-state index is 0.0216. The van der Waals surface area contributed by atoms with Crippen molar-refractivity contribution < 1.29 is 58.6 Å². The van der Waals surface area contributed by atoms with E-state index in [0.29, 0.717) is 69.9 Å². The minimum atomic E-state index is -2.39. The molecule has 1 aliphatic rings. The first-order chi connectivity index (χ1) is 68.5. The molecule has 15 heterocycles. The molecule has 135 heavy (non-hydrogen) atoms. The molecule has 15 aromatic heterocycles. The van der Waals surface area contributed by atoms with Crippen LogP contribution in [-0.2, 0) is 54.5 Å². The van der Waals surface area contributed by atoms with Crippen molar-refractivity contribution in [3.8, 4) is 56.3 Å². The molecule has 0 spiro atoms. The number of rotatable bonds is 15. The molecule has 688 valence electrons. The van der Waals surface area contributed by atoms with E-state index in [2.05, 4.69) is 313 Å². The maximum atomic E-state index is 9.00. The van der Waals surface area contributed by atoms with E-state index in [4.69, 9.17) is 40.8 Å². The molecule has 0 bridgehead atoms. The second kappa shape index (κ2) is 38.9. The second-order valence-corrected chi connectivity index (χ2v) is 38.1. The zero-order valence-electron chi connectivity index (χ0n) is 92.8. The lowest BCUT2D eigenvalue weighted by Gasteiger charge is -2.20. The highest BCUT2D eigenvalue weighted by molar-refractivity contribution is 6.13. The summed E-state index contributed by atoms with van der Waals surface area (Å²) >= 11 is 0. The van der Waals surface area contributed by atoms with E-state index >= 15 is 0 Å². The van der Waals surface area contributed by atoms with Crippen LogP contribution < -0.4 is 22.8 Å². The van der Waals surface area contributed by atoms with Crippen LogP contribution in [0.4, 0.5) is 0 Å². The smallest absolute Gasteiger partial charge is 0.227 e. The molecule has 0 aliphatic heterocycles. The van der Waals surface area contributed by atoms with Gasteiger partial charge in [0.2, 0.25) is 57.0 Å². The third-order valence-electron chi connectivity index (χ3n) is 26.6. The zero-order valence-corrected chi connectivity index (χ0v) is 82.8. The summed E-state index contributed by atoms with van der Waals surface area (Å²) in [6, 6.07) is 62.5. The van der Waals surface area contributed by atoms with Crippen molar-refractivity contribution in [3.63, 3.8) is 0 Å². The number of hydrogen-bond acceptors (Lipinski definition) is 10. The van der Waals surface area contributed by atoms with Gasteiger partial charge in [-0.3, -0.25) is 0 Å². The Labute approximate surface area is 809 Å². The number of aromatic nitrogens is 10. The molecule has 0 saturated heterocycles. The molecule has 1 saturated carbocycles. The van der Waals surface area contributed by atoms with Crippen molar-refractivity contribution in [1.82, 2.24) is 24.9 Å². The Morgan fingerprint density at radius 1 is 0.341 bits per heavy atom. The second-order valence-electron chi connectivity index (χ2n) is 38.1. The van der Waals surface area contributed by atoms with E-state index in [0.717, 1.165) is 162 Å². The van der Waals surface area contributed by atoms with Gasteiger partial charge in [0.05, 0.1) is 27.8 Å². The van der Waals surface area contributed by atoms with Gasteiger partial charge in [0.25, 0.3) is 0 Å². The third-order valence-corrected chi connectivity index (χ3v) is 26.6. The molecule has 5 aromatic carbocycles. The molecule has 0 radical (unpaired) electrons. The fraction of sp³-hybridized carbons (Fsp3) is 0.333. The van der Waals surface area contributed by atoms with Gasteiger partial charge in [0.15, 0.2) is 58.9 Å². The first kappa shape index (κ1) is 81.2. The fourth-order valence-corrected chi connectivity index (χ4v) is 18.5. The van der Waals surface area contributed by atoms with E-state index in [1.54, 1.807) is 18.2 Å². The van der Waals surface area contributed by atoms with Crippen molar-refractivity contribution >= 4 is 110 Å². The van der Waals surface area contributed by atoms with Crippen LogP contribution in [0.25, 0.3) is 167 Å². The van der Waals surface area contributed by atoms with Gasteiger partial charge >= 0.3 is 0 Å². The summed E-state index contributed by atoms with van der Waals surface area (Å²) in [5, 5.41) is 9.99. The Morgan fingerprint density at radius 3 is 1.01 bits per heavy atom. The Balaban J connectivity index is 0.000000125. The standard InChI is InChI=1S/C26H29N2O.C25H29N2O.C24H27N2O.C23H25N2O.C22H23N2O/c1-4-18-14-15-28(3)23(16-18)24-17(2)10-11-20-21-12-13-22(19-8-6-5-7-9-19)27-26(21)29-25(20)24;1-15(2)13-19-8-10-21-20-9-7-17(5)23(24(20)28-25(21)26-19)22-14-18(16(3)4)11-12-27(22)6;1-14(2)17-11-12-26(6)21(13-17)22-16(5)7-8-18-19-9-10-20(15(3)4)25-24(19)27-23(18)22;1-6-17-8-10-19-18-9-7-15(4)21(22(18)26-23(19)24-17)20-13-16(14(2)3)11-12-25(20)5;1-13(2)16-10-11-24(5)19(12-16)20-14(3)6-8-17-18-9-7-15(4)23-22(18)25-21(17)20/h10-16,19H,4-9H2,1-3H3;7-12,14-16H,13H2,1-6H3;7-15H,1-6H3;7-14H,6H2,1-5H3;6-13H,1-5H3/q5*+1/i8D2,9D2,19D;1D3,15D;15D;;. The summed E-state index contributed by atoms with van der Waals surface area (Å²) in [7, 11) is 10.3. The third kappa shape index (κ3) is 18.6. The summed E-state index contributed by atoms with van der Waals surface area (Å²) in [6.07, 6.45) is 8.93. The van der Waals surface area contributed by atoms with Crippen LogP contribution in [0.2, 0.25) is 0 Å². The first-order valence-corrected chi connectivity index (χ1v) is 47.6. The van der Waals surface area contributed by atoms with Gasteiger partial charge in [-0.1, -0.05) is 177 Å². The van der Waals surface area contributed by atoms with Crippen molar-refractivity contribution in [2.45, 2.75) is 225 Å². The molecular formula is C120H133N10O5+5. The SMILES string of the molecule is CCc1ccc2c(n1)oc1c(-c3cc(C(C)C)cc[n+]3C)c(C)ccc12.Cc1ccc2c(n1)oc1c(-c3cc(C(C)C)cc[n+]3C)c(C)ccc12.[2H]C(C)(C)c1ccc2c(n1)oc1c(-c3cc(C(C)C)cc[n+]3C)c(C)ccc12.[2H]C([2H])([2H])C([2H])(C)Cc1ccc2c(n1)oc1c(-c3cc(C(C)C)cc[n+]3C)c(C)ccc12.[2H]C1([2H])CCCC([2H])([2H])C1([2H])c1ccc2c(n1)oc1c(-c3cc(CC)cc[n+]3C)c(C)ccc12. The van der Waals surface area contributed by atoms with Gasteiger partial charge in [-0.05, 0) is 225 Å². The number of nitrogens with zero attached hydrogens (tertiary/aromatic N) is 10. The average Bonchev–Trinajstić information content (AvgIpc) is 1.32. The molecule has 15 heteroatoms. The van der Waals surface area contributed by atoms with Crippen LogP contribution in [0.5, 0.6) is 0 Å². The Morgan fingerprint density at radius 2 is 0.652 bits per heavy atom. The molecule has 1 aliphatic carbocycles. The van der Waals surface area contributed by atoms with Crippen molar-refractivity contribution in [1.29, 1.82) is 0 Å². The topological polar surface area (TPSA) is 150 Å². The Kier molecular flexibility index (Phi) is 23.4. The van der Waals surface area contributed by atoms with Crippen LogP contribution >= 0.6 is 0 Å². The lowest BCUT2D eigenvalue weighted by atomic mass is 9.86. The molecule has 1 fully saturated rings. The van der Waals surface area contributed by atoms with Gasteiger partial charge in [0.1, 0.15) is 35.2 Å². The van der Waals surface area contributed by atoms with Crippen LogP contribution in [0.15, 0.2) is 235 Å². The first-order valence-electron chi connectivity index (χ1n) is 52.6. The van der Waals surface area contributed by atoms with E-state index in [1.165, 1.54) is 62.8 Å². The van der Waals surface area contributed by atoms with E-state index < -0.39 is 37.3 Å². The highest BCUT2D eigenvalue weighted by atomic mass is 16.4. The van der Waals surface area contributed by atoms with Gasteiger partial charge < -0.3 is 22.1 Å².